The number of carbonyl (C=O) groups excluding carboxylic acids is 2. The molecule has 1 aromatic carbocycles. The zero-order chi connectivity index (χ0) is 16.0. The Balaban J connectivity index is 2.27. The zero-order valence-corrected chi connectivity index (χ0v) is 12.1. The molecule has 0 radical (unpaired) electrons. The summed E-state index contributed by atoms with van der Waals surface area (Å²) in [5.74, 6) is -0.951. The summed E-state index contributed by atoms with van der Waals surface area (Å²) in [5, 5.41) is 2.39. The number of halogens is 1. The van der Waals surface area contributed by atoms with Gasteiger partial charge in [0, 0.05) is 6.07 Å². The van der Waals surface area contributed by atoms with Crippen molar-refractivity contribution >= 4 is 29.2 Å². The number of benzene rings is 1. The van der Waals surface area contributed by atoms with E-state index >= 15 is 0 Å². The van der Waals surface area contributed by atoms with Gasteiger partial charge in [-0.3, -0.25) is 24.3 Å². The van der Waals surface area contributed by atoms with Crippen LogP contribution in [0.1, 0.15) is 20.7 Å². The molecule has 1 aromatic heterocycles. The van der Waals surface area contributed by atoms with Crippen molar-refractivity contribution in [2.75, 3.05) is 12.8 Å². The Morgan fingerprint density at radius 3 is 2.55 bits per heavy atom. The third kappa shape index (κ3) is 1.94. The van der Waals surface area contributed by atoms with E-state index in [1.165, 1.54) is 13.2 Å². The Kier molecular flexibility index (Phi) is 3.14. The monoisotopic (exact) mass is 319 g/mol. The molecule has 0 fully saturated rings. The van der Waals surface area contributed by atoms with Crippen LogP contribution in [0.25, 0.3) is 5.69 Å². The van der Waals surface area contributed by atoms with Crippen molar-refractivity contribution in [2.24, 2.45) is 0 Å². The molecule has 0 saturated carbocycles. The summed E-state index contributed by atoms with van der Waals surface area (Å²) < 4.78 is 6.16. The summed E-state index contributed by atoms with van der Waals surface area (Å²) in [6.07, 6.45) is 0. The van der Waals surface area contributed by atoms with E-state index in [1.54, 1.807) is 12.1 Å². The number of fused-ring (bicyclic) bond motifs is 1. The first-order valence-corrected chi connectivity index (χ1v) is 6.57. The van der Waals surface area contributed by atoms with Gasteiger partial charge in [-0.05, 0) is 18.2 Å². The average molecular weight is 320 g/mol. The predicted octanol–water partition coefficient (Wildman–Crippen LogP) is 0.965. The van der Waals surface area contributed by atoms with E-state index in [1.807, 2.05) is 0 Å². The maximum Gasteiger partial charge on any atom is 0.262 e. The van der Waals surface area contributed by atoms with Gasteiger partial charge in [-0.15, -0.1) is 0 Å². The van der Waals surface area contributed by atoms with Crippen molar-refractivity contribution in [3.8, 4) is 11.4 Å². The summed E-state index contributed by atoms with van der Waals surface area (Å²) in [6.45, 7) is 0. The quantitative estimate of drug-likeness (QED) is 0.803. The Bertz CT molecular complexity index is 888. The summed E-state index contributed by atoms with van der Waals surface area (Å²) in [7, 11) is 1.47. The molecule has 3 rings (SSSR count). The van der Waals surface area contributed by atoms with E-state index in [4.69, 9.17) is 22.1 Å². The van der Waals surface area contributed by atoms with Gasteiger partial charge in [0.05, 0.1) is 28.9 Å². The maximum atomic E-state index is 12.2. The highest BCUT2D eigenvalue weighted by Gasteiger charge is 2.31. The van der Waals surface area contributed by atoms with Crippen LogP contribution in [0.15, 0.2) is 29.1 Å². The molecule has 2 heterocycles. The first-order valence-electron chi connectivity index (χ1n) is 6.19. The number of nitrogens with two attached hydrogens (primary N) is 1. The number of amides is 2. The normalized spacial score (nSPS) is 13.0. The number of aromatic nitrogens is 1. The van der Waals surface area contributed by atoms with E-state index in [-0.39, 0.29) is 22.0 Å². The number of carbonyl (C=O) groups is 2. The fourth-order valence-corrected chi connectivity index (χ4v) is 2.59. The Morgan fingerprint density at radius 2 is 1.91 bits per heavy atom. The van der Waals surface area contributed by atoms with Crippen LogP contribution in [0.3, 0.4) is 0 Å². The van der Waals surface area contributed by atoms with Crippen LogP contribution in [0.4, 0.5) is 5.82 Å². The highest BCUT2D eigenvalue weighted by Crippen LogP contribution is 2.28. The lowest BCUT2D eigenvalue weighted by Crippen LogP contribution is -2.24. The molecule has 2 amide bonds. The number of imide groups is 1. The van der Waals surface area contributed by atoms with Crippen LogP contribution in [-0.4, -0.2) is 23.5 Å². The van der Waals surface area contributed by atoms with E-state index in [9.17, 15) is 14.4 Å². The van der Waals surface area contributed by atoms with Crippen LogP contribution in [0.5, 0.6) is 5.75 Å². The summed E-state index contributed by atoms with van der Waals surface area (Å²) in [6, 6.07) is 5.70. The molecule has 0 bridgehead atoms. The molecule has 8 heteroatoms. The molecule has 0 aliphatic carbocycles. The lowest BCUT2D eigenvalue weighted by Gasteiger charge is -2.13. The summed E-state index contributed by atoms with van der Waals surface area (Å²) >= 11 is 6.04. The first kappa shape index (κ1) is 14.2. The molecule has 3 N–H and O–H groups in total. The minimum Gasteiger partial charge on any atom is -0.495 e. The van der Waals surface area contributed by atoms with Crippen LogP contribution >= 0.6 is 11.6 Å². The van der Waals surface area contributed by atoms with Gasteiger partial charge in [-0.1, -0.05) is 11.6 Å². The van der Waals surface area contributed by atoms with E-state index < -0.39 is 17.4 Å². The minimum atomic E-state index is -0.635. The van der Waals surface area contributed by atoms with Gasteiger partial charge in [-0.25, -0.2) is 0 Å². The fraction of sp³-hybridized carbons (Fsp3) is 0.0714. The lowest BCUT2D eigenvalue weighted by molar-refractivity contribution is 0.0880. The van der Waals surface area contributed by atoms with Crippen molar-refractivity contribution in [1.29, 1.82) is 0 Å². The number of nitrogen functional groups attached to an aromatic ring is 1. The maximum absolute atomic E-state index is 12.2. The van der Waals surface area contributed by atoms with Crippen molar-refractivity contribution in [3.05, 3.63) is 50.8 Å². The Labute approximate surface area is 129 Å². The van der Waals surface area contributed by atoms with Crippen LogP contribution < -0.4 is 21.3 Å². The van der Waals surface area contributed by atoms with Gasteiger partial charge < -0.3 is 10.5 Å². The van der Waals surface area contributed by atoms with Gasteiger partial charge in [0.2, 0.25) is 0 Å². The SMILES string of the molecule is COc1ccc(-n2c(N)c3c(cc2=O)C(=O)NC3=O)cc1Cl. The van der Waals surface area contributed by atoms with Gasteiger partial charge in [0.1, 0.15) is 11.6 Å². The molecule has 22 heavy (non-hydrogen) atoms. The number of ether oxygens (including phenoxy) is 1. The third-order valence-electron chi connectivity index (χ3n) is 3.35. The number of hydrogen-bond acceptors (Lipinski definition) is 5. The zero-order valence-electron chi connectivity index (χ0n) is 11.3. The number of nitrogens with one attached hydrogen (secondary N) is 1. The van der Waals surface area contributed by atoms with E-state index in [0.29, 0.717) is 11.4 Å². The molecule has 0 atom stereocenters. The van der Waals surface area contributed by atoms with Gasteiger partial charge in [0.15, 0.2) is 0 Å². The number of hydrogen-bond donors (Lipinski definition) is 2. The second-order valence-electron chi connectivity index (χ2n) is 4.59. The Hall–Kier alpha value is -2.80. The molecule has 0 saturated heterocycles. The van der Waals surface area contributed by atoms with Gasteiger partial charge in [0.25, 0.3) is 17.4 Å². The fourth-order valence-electron chi connectivity index (χ4n) is 2.34. The standard InChI is InChI=1S/C14H10ClN3O4/c1-22-9-3-2-6(4-8(9)15)18-10(19)5-7-11(12(18)16)14(21)17-13(7)20/h2-5H,16H2,1H3,(H,17,20,21). The largest absolute Gasteiger partial charge is 0.495 e. The second kappa shape index (κ2) is 4.88. The van der Waals surface area contributed by atoms with E-state index in [2.05, 4.69) is 5.32 Å². The van der Waals surface area contributed by atoms with Crippen molar-refractivity contribution in [2.45, 2.75) is 0 Å². The van der Waals surface area contributed by atoms with Crippen LogP contribution in [0, 0.1) is 0 Å². The highest BCUT2D eigenvalue weighted by atomic mass is 35.5. The second-order valence-corrected chi connectivity index (χ2v) is 5.00. The van der Waals surface area contributed by atoms with Crippen LogP contribution in [0.2, 0.25) is 5.02 Å². The lowest BCUT2D eigenvalue weighted by atomic mass is 10.1. The molecule has 0 unspecified atom stereocenters. The van der Waals surface area contributed by atoms with Crippen molar-refractivity contribution < 1.29 is 14.3 Å². The molecular formula is C14H10ClN3O4. The topological polar surface area (TPSA) is 103 Å². The molecule has 112 valence electrons. The first-order chi connectivity index (χ1) is 10.4. The number of anilines is 1. The number of nitrogens with zero attached hydrogens (tertiary/aromatic N) is 1. The molecular weight excluding hydrogens is 310 g/mol. The number of rotatable bonds is 2. The molecule has 1 aliphatic rings. The Morgan fingerprint density at radius 1 is 1.18 bits per heavy atom. The molecule has 1 aliphatic heterocycles. The molecule has 0 spiro atoms. The van der Waals surface area contributed by atoms with Gasteiger partial charge >= 0.3 is 0 Å². The predicted molar refractivity (Wildman–Crippen MR) is 79.8 cm³/mol. The third-order valence-corrected chi connectivity index (χ3v) is 3.64. The van der Waals surface area contributed by atoms with Crippen molar-refractivity contribution in [1.82, 2.24) is 9.88 Å². The van der Waals surface area contributed by atoms with Crippen molar-refractivity contribution in [3.63, 3.8) is 0 Å². The summed E-state index contributed by atoms with van der Waals surface area (Å²) in [5.41, 5.74) is 5.70. The highest BCUT2D eigenvalue weighted by molar-refractivity contribution is 6.32. The summed E-state index contributed by atoms with van der Waals surface area (Å²) in [4.78, 5) is 35.6. The average Bonchev–Trinajstić information content (AvgIpc) is 2.74. The molecule has 7 nitrogen and oxygen atoms in total. The van der Waals surface area contributed by atoms with Gasteiger partial charge in [-0.2, -0.15) is 0 Å². The number of pyridine rings is 1. The smallest absolute Gasteiger partial charge is 0.262 e. The van der Waals surface area contributed by atoms with Crippen LogP contribution in [-0.2, 0) is 0 Å². The molecule has 2 aromatic rings. The number of methoxy groups -OCH3 is 1. The van der Waals surface area contributed by atoms with E-state index in [0.717, 1.165) is 10.6 Å². The minimum absolute atomic E-state index is 0.0171.